The Labute approximate surface area is 95.8 Å². The van der Waals surface area contributed by atoms with Crippen molar-refractivity contribution in [1.82, 2.24) is 15.1 Å². The molecule has 0 spiro atoms. The molecule has 0 aliphatic carbocycles. The van der Waals surface area contributed by atoms with Gasteiger partial charge in [0, 0.05) is 13.1 Å². The molecule has 2 aliphatic rings. The summed E-state index contributed by atoms with van der Waals surface area (Å²) >= 11 is 0. The van der Waals surface area contributed by atoms with E-state index < -0.39 is 0 Å². The Hall–Kier alpha value is -1.10. The van der Waals surface area contributed by atoms with E-state index in [1.807, 2.05) is 0 Å². The Bertz CT molecular complexity index is 276. The van der Waals surface area contributed by atoms with Crippen molar-refractivity contribution < 1.29 is 9.59 Å². The van der Waals surface area contributed by atoms with Crippen LogP contribution >= 0.6 is 0 Å². The molecule has 0 radical (unpaired) electrons. The lowest BCUT2D eigenvalue weighted by Crippen LogP contribution is -2.60. The van der Waals surface area contributed by atoms with Gasteiger partial charge in [-0.25, -0.2) is 0 Å². The highest BCUT2D eigenvalue weighted by Crippen LogP contribution is 2.17. The van der Waals surface area contributed by atoms with Crippen LogP contribution in [0.3, 0.4) is 0 Å². The molecular formula is C11H19N3O2. The molecule has 2 heterocycles. The molecule has 0 bridgehead atoms. The minimum Gasteiger partial charge on any atom is -0.348 e. The molecule has 2 saturated heterocycles. The molecule has 5 heteroatoms. The molecule has 2 rings (SSSR count). The van der Waals surface area contributed by atoms with Gasteiger partial charge in [0.2, 0.25) is 12.3 Å². The molecule has 1 unspecified atom stereocenters. The summed E-state index contributed by atoms with van der Waals surface area (Å²) in [6, 6.07) is 0.215. The first-order valence-corrected chi connectivity index (χ1v) is 5.98. The second-order valence-corrected chi connectivity index (χ2v) is 4.55. The van der Waals surface area contributed by atoms with Crippen molar-refractivity contribution >= 4 is 12.3 Å². The van der Waals surface area contributed by atoms with Gasteiger partial charge in [-0.3, -0.25) is 14.5 Å². The molecule has 16 heavy (non-hydrogen) atoms. The Morgan fingerprint density at radius 2 is 2.25 bits per heavy atom. The second-order valence-electron chi connectivity index (χ2n) is 4.55. The van der Waals surface area contributed by atoms with Crippen LogP contribution < -0.4 is 5.32 Å². The first-order chi connectivity index (χ1) is 7.74. The van der Waals surface area contributed by atoms with Crippen molar-refractivity contribution in [1.29, 1.82) is 0 Å². The number of carbonyl (C=O) groups excluding carboxylic acids is 2. The third kappa shape index (κ3) is 2.19. The summed E-state index contributed by atoms with van der Waals surface area (Å²) in [5.41, 5.74) is 0. The maximum absolute atomic E-state index is 12.0. The smallest absolute Gasteiger partial charge is 0.237 e. The molecule has 5 nitrogen and oxygen atoms in total. The number of nitrogens with one attached hydrogen (secondary N) is 1. The molecule has 0 aromatic carbocycles. The van der Waals surface area contributed by atoms with E-state index in [-0.39, 0.29) is 18.0 Å². The summed E-state index contributed by atoms with van der Waals surface area (Å²) in [7, 11) is 0. The van der Waals surface area contributed by atoms with Crippen LogP contribution in [-0.4, -0.2) is 60.4 Å². The van der Waals surface area contributed by atoms with Crippen molar-refractivity contribution in [3.8, 4) is 0 Å². The monoisotopic (exact) mass is 225 g/mol. The number of hydrogen-bond acceptors (Lipinski definition) is 3. The topological polar surface area (TPSA) is 52.7 Å². The zero-order chi connectivity index (χ0) is 11.5. The van der Waals surface area contributed by atoms with Crippen LogP contribution in [0, 0.1) is 0 Å². The van der Waals surface area contributed by atoms with Crippen molar-refractivity contribution in [2.24, 2.45) is 0 Å². The lowest BCUT2D eigenvalue weighted by molar-refractivity contribution is -0.130. The van der Waals surface area contributed by atoms with Crippen LogP contribution in [0.1, 0.15) is 19.8 Å². The molecule has 1 N–H and O–H groups in total. The van der Waals surface area contributed by atoms with Crippen LogP contribution in [-0.2, 0) is 9.59 Å². The second kappa shape index (κ2) is 4.82. The lowest BCUT2D eigenvalue weighted by Gasteiger charge is -2.37. The largest absolute Gasteiger partial charge is 0.348 e. The summed E-state index contributed by atoms with van der Waals surface area (Å²) in [5.74, 6) is 0.134. The highest BCUT2D eigenvalue weighted by atomic mass is 16.2. The fraction of sp³-hybridized carbons (Fsp3) is 0.818. The van der Waals surface area contributed by atoms with Gasteiger partial charge in [-0.05, 0) is 25.9 Å². The van der Waals surface area contributed by atoms with Crippen molar-refractivity contribution in [2.45, 2.75) is 31.8 Å². The van der Waals surface area contributed by atoms with Crippen LogP contribution in [0.5, 0.6) is 0 Å². The summed E-state index contributed by atoms with van der Waals surface area (Å²) < 4.78 is 0. The van der Waals surface area contributed by atoms with E-state index >= 15 is 0 Å². The number of hydrogen-bond donors (Lipinski definition) is 1. The van der Waals surface area contributed by atoms with Gasteiger partial charge in [0.1, 0.15) is 0 Å². The lowest BCUT2D eigenvalue weighted by atomic mass is 10.1. The van der Waals surface area contributed by atoms with Gasteiger partial charge < -0.3 is 10.2 Å². The highest BCUT2D eigenvalue weighted by Gasteiger charge is 2.33. The van der Waals surface area contributed by atoms with Crippen molar-refractivity contribution in [3.63, 3.8) is 0 Å². The van der Waals surface area contributed by atoms with Gasteiger partial charge in [0.05, 0.1) is 12.1 Å². The van der Waals surface area contributed by atoms with E-state index in [9.17, 15) is 9.59 Å². The highest BCUT2D eigenvalue weighted by molar-refractivity contribution is 5.82. The molecule has 2 fully saturated rings. The minimum atomic E-state index is 0.0512. The van der Waals surface area contributed by atoms with Gasteiger partial charge in [0.25, 0.3) is 0 Å². The normalized spacial score (nSPS) is 26.6. The molecule has 2 aliphatic heterocycles. The number of nitrogens with zero attached hydrogens (tertiary/aromatic N) is 2. The van der Waals surface area contributed by atoms with Gasteiger partial charge in [-0.1, -0.05) is 6.92 Å². The Kier molecular flexibility index (Phi) is 3.43. The molecular weight excluding hydrogens is 206 g/mol. The average molecular weight is 225 g/mol. The first kappa shape index (κ1) is 11.4. The van der Waals surface area contributed by atoms with E-state index in [0.717, 1.165) is 32.3 Å². The molecule has 90 valence electrons. The zero-order valence-electron chi connectivity index (χ0n) is 9.69. The molecule has 0 aromatic heterocycles. The summed E-state index contributed by atoms with van der Waals surface area (Å²) in [4.78, 5) is 26.2. The van der Waals surface area contributed by atoms with Crippen molar-refractivity contribution in [3.05, 3.63) is 0 Å². The predicted octanol–water partition coefficient (Wildman–Crippen LogP) is -0.572. The number of likely N-dealkylation sites (N-methyl/N-ethyl adjacent to an activating group) is 1. The van der Waals surface area contributed by atoms with E-state index in [4.69, 9.17) is 0 Å². The van der Waals surface area contributed by atoms with Crippen LogP contribution in [0.2, 0.25) is 0 Å². The zero-order valence-corrected chi connectivity index (χ0v) is 9.69. The maximum atomic E-state index is 12.0. The van der Waals surface area contributed by atoms with Crippen LogP contribution in [0.25, 0.3) is 0 Å². The third-order valence-electron chi connectivity index (χ3n) is 3.48. The van der Waals surface area contributed by atoms with E-state index in [2.05, 4.69) is 17.1 Å². The molecule has 0 saturated carbocycles. The fourth-order valence-electron chi connectivity index (χ4n) is 2.49. The SMILES string of the molecule is CCN1CCCC1C(=O)NC1CN(C=O)C1. The Balaban J connectivity index is 1.77. The van der Waals surface area contributed by atoms with Gasteiger partial charge >= 0.3 is 0 Å². The first-order valence-electron chi connectivity index (χ1n) is 5.98. The molecule has 0 aromatic rings. The molecule has 1 atom stereocenters. The number of rotatable bonds is 4. The number of carbonyl (C=O) groups is 2. The average Bonchev–Trinajstić information content (AvgIpc) is 2.70. The van der Waals surface area contributed by atoms with E-state index in [1.165, 1.54) is 0 Å². The van der Waals surface area contributed by atoms with Gasteiger partial charge in [0.15, 0.2) is 0 Å². The van der Waals surface area contributed by atoms with Crippen LogP contribution in [0.4, 0.5) is 0 Å². The predicted molar refractivity (Wildman–Crippen MR) is 59.8 cm³/mol. The van der Waals surface area contributed by atoms with Crippen molar-refractivity contribution in [2.75, 3.05) is 26.2 Å². The fourth-order valence-corrected chi connectivity index (χ4v) is 2.49. The summed E-state index contributed by atoms with van der Waals surface area (Å²) in [5, 5.41) is 3.01. The Morgan fingerprint density at radius 3 is 2.88 bits per heavy atom. The van der Waals surface area contributed by atoms with Gasteiger partial charge in [-0.2, -0.15) is 0 Å². The number of amides is 2. The maximum Gasteiger partial charge on any atom is 0.237 e. The van der Waals surface area contributed by atoms with Crippen LogP contribution in [0.15, 0.2) is 0 Å². The third-order valence-corrected chi connectivity index (χ3v) is 3.48. The quantitative estimate of drug-likeness (QED) is 0.652. The summed E-state index contributed by atoms with van der Waals surface area (Å²) in [6.45, 7) is 5.37. The van der Waals surface area contributed by atoms with E-state index in [1.54, 1.807) is 4.90 Å². The summed E-state index contributed by atoms with van der Waals surface area (Å²) in [6.07, 6.45) is 2.90. The van der Waals surface area contributed by atoms with E-state index in [0.29, 0.717) is 13.1 Å². The standard InChI is InChI=1S/C11H19N3O2/c1-2-14-5-3-4-10(14)11(16)12-9-6-13(7-9)8-15/h8-10H,2-7H2,1H3,(H,12,16). The van der Waals surface area contributed by atoms with Gasteiger partial charge in [-0.15, -0.1) is 0 Å². The number of likely N-dealkylation sites (tertiary alicyclic amines) is 2. The molecule has 2 amide bonds. The minimum absolute atomic E-state index is 0.0512. The Morgan fingerprint density at radius 1 is 1.50 bits per heavy atom.